The molecule has 5 rings (SSSR count). The molecule has 4 aromatic carbocycles. The van der Waals surface area contributed by atoms with Gasteiger partial charge in [-0.05, 0) is 41.5 Å². The monoisotopic (exact) mass is 522 g/mol. The van der Waals surface area contributed by atoms with Crippen LogP contribution < -0.4 is 24.4 Å². The maximum atomic E-state index is 13.4. The predicted octanol–water partition coefficient (Wildman–Crippen LogP) is 6.22. The van der Waals surface area contributed by atoms with Crippen LogP contribution in [0.1, 0.15) is 17.0 Å². The van der Waals surface area contributed by atoms with Gasteiger partial charge in [0.1, 0.15) is 23.0 Å². The summed E-state index contributed by atoms with van der Waals surface area (Å²) in [6, 6.07) is 28.4. The summed E-state index contributed by atoms with van der Waals surface area (Å²) < 4.78 is 28.1. The van der Waals surface area contributed by atoms with Crippen molar-refractivity contribution in [1.29, 1.82) is 0 Å². The van der Waals surface area contributed by atoms with Crippen LogP contribution in [0.25, 0.3) is 22.3 Å². The lowest BCUT2D eigenvalue weighted by atomic mass is 9.91. The molecule has 0 unspecified atom stereocenters. The molecular formula is C32H26O7. The molecule has 0 saturated heterocycles. The van der Waals surface area contributed by atoms with Gasteiger partial charge in [0.05, 0.1) is 26.7 Å². The molecule has 0 fully saturated rings. The second kappa shape index (κ2) is 11.1. The van der Waals surface area contributed by atoms with Crippen molar-refractivity contribution in [3.8, 4) is 34.3 Å². The van der Waals surface area contributed by atoms with Crippen LogP contribution in [0.2, 0.25) is 0 Å². The lowest BCUT2D eigenvalue weighted by molar-refractivity contribution is -0.135. The topological polar surface area (TPSA) is 84.2 Å². The molecule has 0 aliphatic carbocycles. The number of hydrogen-bond donors (Lipinski definition) is 0. The van der Waals surface area contributed by atoms with Gasteiger partial charge in [0, 0.05) is 11.6 Å². The fourth-order valence-electron chi connectivity index (χ4n) is 4.50. The minimum absolute atomic E-state index is 0.247. The summed E-state index contributed by atoms with van der Waals surface area (Å²) in [6.45, 7) is 0. The van der Waals surface area contributed by atoms with Crippen LogP contribution in [0.4, 0.5) is 0 Å². The third-order valence-electron chi connectivity index (χ3n) is 6.37. The Kier molecular flexibility index (Phi) is 7.32. The van der Waals surface area contributed by atoms with Crippen molar-refractivity contribution in [2.24, 2.45) is 0 Å². The standard InChI is InChI=1S/C32H26O7/c1-35-28-16-22(17-29(36-2)31(28)37-3)27-19-25(33)24-18-23(14-15-26(24)39-27)38-32(34)30(20-10-6-4-7-11-20)21-12-8-5-9-13-21/h4-19,30H,1-3H3. The van der Waals surface area contributed by atoms with E-state index in [0.717, 1.165) is 11.1 Å². The Labute approximate surface area is 225 Å². The molecule has 0 aliphatic heterocycles. The Morgan fingerprint density at radius 1 is 0.718 bits per heavy atom. The maximum Gasteiger partial charge on any atom is 0.323 e. The van der Waals surface area contributed by atoms with Crippen molar-refractivity contribution >= 4 is 16.9 Å². The molecule has 0 atom stereocenters. The first-order chi connectivity index (χ1) is 19.0. The molecule has 7 heteroatoms. The quantitative estimate of drug-likeness (QED) is 0.177. The molecule has 0 radical (unpaired) electrons. The summed E-state index contributed by atoms with van der Waals surface area (Å²) in [7, 11) is 4.55. The lowest BCUT2D eigenvalue weighted by Gasteiger charge is -2.17. The highest BCUT2D eigenvalue weighted by molar-refractivity contribution is 5.86. The van der Waals surface area contributed by atoms with Gasteiger partial charge in [-0.15, -0.1) is 0 Å². The first kappa shape index (κ1) is 25.6. The van der Waals surface area contributed by atoms with Crippen LogP contribution in [-0.2, 0) is 4.79 Å². The van der Waals surface area contributed by atoms with E-state index >= 15 is 0 Å². The Hall–Kier alpha value is -5.04. The molecule has 196 valence electrons. The van der Waals surface area contributed by atoms with Crippen LogP contribution in [0, 0.1) is 0 Å². The van der Waals surface area contributed by atoms with Crippen molar-refractivity contribution in [3.63, 3.8) is 0 Å². The van der Waals surface area contributed by atoms with E-state index in [1.165, 1.54) is 33.5 Å². The molecule has 0 amide bonds. The van der Waals surface area contributed by atoms with Crippen LogP contribution in [0.15, 0.2) is 106 Å². The maximum absolute atomic E-state index is 13.4. The zero-order valence-corrected chi connectivity index (χ0v) is 21.7. The van der Waals surface area contributed by atoms with Crippen molar-refractivity contribution in [2.45, 2.75) is 5.92 Å². The van der Waals surface area contributed by atoms with Gasteiger partial charge in [0.2, 0.25) is 5.75 Å². The van der Waals surface area contributed by atoms with Gasteiger partial charge in [-0.2, -0.15) is 0 Å². The number of fused-ring (bicyclic) bond motifs is 1. The Balaban J connectivity index is 1.49. The highest BCUT2D eigenvalue weighted by atomic mass is 16.5. The Bertz CT molecular complexity index is 1610. The zero-order valence-electron chi connectivity index (χ0n) is 21.7. The van der Waals surface area contributed by atoms with E-state index in [1.807, 2.05) is 60.7 Å². The highest BCUT2D eigenvalue weighted by Gasteiger charge is 2.25. The summed E-state index contributed by atoms with van der Waals surface area (Å²) in [4.78, 5) is 26.5. The van der Waals surface area contributed by atoms with Gasteiger partial charge in [-0.3, -0.25) is 9.59 Å². The van der Waals surface area contributed by atoms with Crippen LogP contribution in [0.5, 0.6) is 23.0 Å². The fourth-order valence-corrected chi connectivity index (χ4v) is 4.50. The molecule has 1 heterocycles. The van der Waals surface area contributed by atoms with Crippen LogP contribution >= 0.6 is 0 Å². The normalized spacial score (nSPS) is 10.9. The second-order valence-corrected chi connectivity index (χ2v) is 8.72. The number of ether oxygens (including phenoxy) is 4. The number of esters is 1. The van der Waals surface area contributed by atoms with E-state index in [9.17, 15) is 9.59 Å². The first-order valence-corrected chi connectivity index (χ1v) is 12.2. The first-order valence-electron chi connectivity index (χ1n) is 12.2. The van der Waals surface area contributed by atoms with E-state index in [4.69, 9.17) is 23.4 Å². The van der Waals surface area contributed by atoms with Gasteiger partial charge in [0.15, 0.2) is 16.9 Å². The molecule has 5 aromatic rings. The predicted molar refractivity (Wildman–Crippen MR) is 148 cm³/mol. The van der Waals surface area contributed by atoms with Gasteiger partial charge in [0.25, 0.3) is 0 Å². The van der Waals surface area contributed by atoms with E-state index < -0.39 is 11.9 Å². The van der Waals surface area contributed by atoms with E-state index in [0.29, 0.717) is 34.2 Å². The summed E-state index contributed by atoms with van der Waals surface area (Å²) in [5, 5.41) is 0.285. The second-order valence-electron chi connectivity index (χ2n) is 8.72. The summed E-state index contributed by atoms with van der Waals surface area (Å²) in [6.07, 6.45) is 0. The number of carbonyl (C=O) groups excluding carboxylic acids is 1. The van der Waals surface area contributed by atoms with Crippen LogP contribution in [0.3, 0.4) is 0 Å². The summed E-state index contributed by atoms with van der Waals surface area (Å²) in [5.74, 6) is 0.795. The van der Waals surface area contributed by atoms with Crippen molar-refractivity contribution < 1.29 is 28.2 Å². The third-order valence-corrected chi connectivity index (χ3v) is 6.37. The number of methoxy groups -OCH3 is 3. The molecule has 0 bridgehead atoms. The van der Waals surface area contributed by atoms with Crippen molar-refractivity contribution in [1.82, 2.24) is 0 Å². The number of carbonyl (C=O) groups is 1. The Morgan fingerprint density at radius 3 is 1.85 bits per heavy atom. The van der Waals surface area contributed by atoms with E-state index in [1.54, 1.807) is 24.3 Å². The minimum atomic E-state index is -0.623. The minimum Gasteiger partial charge on any atom is -0.493 e. The number of benzene rings is 4. The zero-order chi connectivity index (χ0) is 27.4. The number of rotatable bonds is 8. The van der Waals surface area contributed by atoms with Gasteiger partial charge in [-0.25, -0.2) is 0 Å². The molecule has 0 N–H and O–H groups in total. The molecule has 7 nitrogen and oxygen atoms in total. The molecule has 0 spiro atoms. The van der Waals surface area contributed by atoms with Crippen LogP contribution in [-0.4, -0.2) is 27.3 Å². The van der Waals surface area contributed by atoms with Gasteiger partial charge in [-0.1, -0.05) is 60.7 Å². The van der Waals surface area contributed by atoms with E-state index in [-0.39, 0.29) is 16.6 Å². The third kappa shape index (κ3) is 5.20. The highest BCUT2D eigenvalue weighted by Crippen LogP contribution is 2.41. The largest absolute Gasteiger partial charge is 0.493 e. The lowest BCUT2D eigenvalue weighted by Crippen LogP contribution is -2.20. The molecular weight excluding hydrogens is 496 g/mol. The van der Waals surface area contributed by atoms with Crippen molar-refractivity contribution in [2.75, 3.05) is 21.3 Å². The van der Waals surface area contributed by atoms with Gasteiger partial charge < -0.3 is 23.4 Å². The SMILES string of the molecule is COc1cc(-c2cc(=O)c3cc(OC(=O)C(c4ccccc4)c4ccccc4)ccc3o2)cc(OC)c1OC. The summed E-state index contributed by atoms with van der Waals surface area (Å²) >= 11 is 0. The number of hydrogen-bond acceptors (Lipinski definition) is 7. The summed E-state index contributed by atoms with van der Waals surface area (Å²) in [5.41, 5.74) is 2.25. The van der Waals surface area contributed by atoms with Gasteiger partial charge >= 0.3 is 5.97 Å². The fraction of sp³-hybridized carbons (Fsp3) is 0.125. The average Bonchev–Trinajstić information content (AvgIpc) is 2.97. The van der Waals surface area contributed by atoms with Crippen molar-refractivity contribution in [3.05, 3.63) is 118 Å². The smallest absolute Gasteiger partial charge is 0.323 e. The molecule has 0 aliphatic rings. The van der Waals surface area contributed by atoms with E-state index in [2.05, 4.69) is 0 Å². The average molecular weight is 523 g/mol. The Morgan fingerprint density at radius 2 is 1.31 bits per heavy atom. The molecule has 39 heavy (non-hydrogen) atoms. The molecule has 0 saturated carbocycles. The molecule has 1 aromatic heterocycles.